The topological polar surface area (TPSA) is 78.0 Å². The Morgan fingerprint density at radius 3 is 2.75 bits per heavy atom. The number of hydrogen-bond acceptors (Lipinski definition) is 4. The van der Waals surface area contributed by atoms with Gasteiger partial charge in [0.15, 0.2) is 5.78 Å². The second-order valence-corrected chi connectivity index (χ2v) is 7.04. The number of benzene rings is 2. The first-order valence-electron chi connectivity index (χ1n) is 9.08. The SMILES string of the molecule is Cc1nc2ccc(C(=O)CC[C@@H](O)[C@@H]3Cc4ccccc4CN3)cc2[nH]1.Cl.Cl. The molecular formula is C21H25Cl2N3O2. The van der Waals surface area contributed by atoms with Gasteiger partial charge in [0.05, 0.1) is 17.1 Å². The Morgan fingerprint density at radius 1 is 1.21 bits per heavy atom. The third kappa shape index (κ3) is 4.73. The van der Waals surface area contributed by atoms with Crippen LogP contribution >= 0.6 is 24.8 Å². The first-order valence-corrected chi connectivity index (χ1v) is 9.08. The zero-order valence-corrected chi connectivity index (χ0v) is 17.3. The molecule has 0 aliphatic carbocycles. The maximum Gasteiger partial charge on any atom is 0.163 e. The van der Waals surface area contributed by atoms with E-state index in [0.717, 1.165) is 29.8 Å². The van der Waals surface area contributed by atoms with E-state index in [0.29, 0.717) is 18.4 Å². The van der Waals surface area contributed by atoms with Gasteiger partial charge in [-0.05, 0) is 49.1 Å². The third-order valence-corrected chi connectivity index (χ3v) is 5.17. The summed E-state index contributed by atoms with van der Waals surface area (Å²) < 4.78 is 0. The van der Waals surface area contributed by atoms with Crippen LogP contribution in [0.4, 0.5) is 0 Å². The summed E-state index contributed by atoms with van der Waals surface area (Å²) in [6, 6.07) is 13.8. The lowest BCUT2D eigenvalue weighted by molar-refractivity contribution is 0.0877. The molecule has 2 aromatic carbocycles. The van der Waals surface area contributed by atoms with Crippen molar-refractivity contribution >= 4 is 41.6 Å². The number of halogens is 2. The average molecular weight is 422 g/mol. The molecule has 1 aromatic heterocycles. The number of aliphatic hydroxyl groups is 1. The van der Waals surface area contributed by atoms with Crippen molar-refractivity contribution < 1.29 is 9.90 Å². The number of Topliss-reactive ketones (excluding diaryl/α,β-unsaturated/α-hetero) is 1. The smallest absolute Gasteiger partial charge is 0.163 e. The number of ketones is 1. The second kappa shape index (κ2) is 9.52. The number of fused-ring (bicyclic) bond motifs is 2. The van der Waals surface area contributed by atoms with Crippen molar-refractivity contribution in [2.45, 2.75) is 44.9 Å². The summed E-state index contributed by atoms with van der Waals surface area (Å²) in [5.74, 6) is 0.887. The van der Waals surface area contributed by atoms with Crippen LogP contribution in [-0.2, 0) is 13.0 Å². The van der Waals surface area contributed by atoms with Gasteiger partial charge in [-0.2, -0.15) is 0 Å². The number of aliphatic hydroxyl groups excluding tert-OH is 1. The normalized spacial score (nSPS) is 16.6. The Morgan fingerprint density at radius 2 is 1.96 bits per heavy atom. The number of carbonyl (C=O) groups is 1. The molecule has 0 spiro atoms. The first-order chi connectivity index (χ1) is 12.6. The number of aryl methyl sites for hydroxylation is 1. The van der Waals surface area contributed by atoms with Crippen LogP contribution in [0.2, 0.25) is 0 Å². The third-order valence-electron chi connectivity index (χ3n) is 5.17. The van der Waals surface area contributed by atoms with E-state index in [1.54, 1.807) is 0 Å². The Bertz CT molecular complexity index is 958. The van der Waals surface area contributed by atoms with Crippen molar-refractivity contribution in [1.82, 2.24) is 15.3 Å². The Labute approximate surface area is 176 Å². The summed E-state index contributed by atoms with van der Waals surface area (Å²) in [5.41, 5.74) is 4.97. The van der Waals surface area contributed by atoms with Crippen LogP contribution in [0.5, 0.6) is 0 Å². The molecule has 3 N–H and O–H groups in total. The molecule has 0 saturated carbocycles. The average Bonchev–Trinajstić information content (AvgIpc) is 3.04. The number of aromatic amines is 1. The van der Waals surface area contributed by atoms with E-state index in [4.69, 9.17) is 0 Å². The van der Waals surface area contributed by atoms with Gasteiger partial charge < -0.3 is 15.4 Å². The molecule has 1 aliphatic heterocycles. The standard InChI is InChI=1S/C21H23N3O2.2ClH/c1-13-23-17-7-6-15(11-18(17)24-13)20(25)8-9-21(26)19-10-14-4-2-3-5-16(14)12-22-19;;/h2-7,11,19,21-22,26H,8-10,12H2,1H3,(H,23,24);2*1H/t19-,21+;;/m0../s1. The van der Waals surface area contributed by atoms with Gasteiger partial charge in [-0.1, -0.05) is 24.3 Å². The van der Waals surface area contributed by atoms with E-state index < -0.39 is 6.10 Å². The molecule has 2 atom stereocenters. The highest BCUT2D eigenvalue weighted by Gasteiger charge is 2.24. The van der Waals surface area contributed by atoms with Crippen LogP contribution in [0.3, 0.4) is 0 Å². The number of aromatic nitrogens is 2. The maximum atomic E-state index is 12.5. The minimum absolute atomic E-state index is 0. The van der Waals surface area contributed by atoms with Crippen molar-refractivity contribution in [3.63, 3.8) is 0 Å². The number of nitrogens with zero attached hydrogens (tertiary/aromatic N) is 1. The van der Waals surface area contributed by atoms with Crippen LogP contribution in [0.1, 0.15) is 40.2 Å². The van der Waals surface area contributed by atoms with Gasteiger partial charge in [0.2, 0.25) is 0 Å². The quantitative estimate of drug-likeness (QED) is 0.548. The van der Waals surface area contributed by atoms with Crippen LogP contribution in [0.15, 0.2) is 42.5 Å². The summed E-state index contributed by atoms with van der Waals surface area (Å²) in [4.78, 5) is 20.0. The largest absolute Gasteiger partial charge is 0.391 e. The fourth-order valence-electron chi connectivity index (χ4n) is 3.69. The van der Waals surface area contributed by atoms with Crippen molar-refractivity contribution in [3.05, 3.63) is 65.0 Å². The van der Waals surface area contributed by atoms with Gasteiger partial charge in [-0.25, -0.2) is 4.98 Å². The lowest BCUT2D eigenvalue weighted by Crippen LogP contribution is -2.44. The van der Waals surface area contributed by atoms with E-state index in [1.807, 2.05) is 37.3 Å². The highest BCUT2D eigenvalue weighted by Crippen LogP contribution is 2.21. The van der Waals surface area contributed by atoms with Crippen molar-refractivity contribution in [1.29, 1.82) is 0 Å². The molecule has 0 amide bonds. The van der Waals surface area contributed by atoms with Gasteiger partial charge in [0, 0.05) is 24.6 Å². The lowest BCUT2D eigenvalue weighted by atomic mass is 9.91. The van der Waals surface area contributed by atoms with E-state index in [9.17, 15) is 9.90 Å². The summed E-state index contributed by atoms with van der Waals surface area (Å²) in [5, 5.41) is 13.9. The van der Waals surface area contributed by atoms with Gasteiger partial charge in [-0.15, -0.1) is 24.8 Å². The van der Waals surface area contributed by atoms with Crippen LogP contribution in [-0.4, -0.2) is 33.0 Å². The van der Waals surface area contributed by atoms with E-state index >= 15 is 0 Å². The van der Waals surface area contributed by atoms with E-state index in [1.165, 1.54) is 11.1 Å². The van der Waals surface area contributed by atoms with Gasteiger partial charge in [0.1, 0.15) is 5.82 Å². The van der Waals surface area contributed by atoms with Crippen molar-refractivity contribution in [3.8, 4) is 0 Å². The molecule has 1 aliphatic rings. The molecule has 4 rings (SSSR count). The molecule has 5 nitrogen and oxygen atoms in total. The molecule has 0 bridgehead atoms. The number of carbonyl (C=O) groups excluding carboxylic acids is 1. The number of rotatable bonds is 5. The van der Waals surface area contributed by atoms with E-state index in [2.05, 4.69) is 27.4 Å². The minimum Gasteiger partial charge on any atom is -0.391 e. The summed E-state index contributed by atoms with van der Waals surface area (Å²) >= 11 is 0. The zero-order valence-electron chi connectivity index (χ0n) is 15.6. The Hall–Kier alpha value is -1.92. The monoisotopic (exact) mass is 421 g/mol. The van der Waals surface area contributed by atoms with Gasteiger partial charge in [-0.3, -0.25) is 4.79 Å². The maximum absolute atomic E-state index is 12.5. The molecular weight excluding hydrogens is 397 g/mol. The fraction of sp³-hybridized carbons (Fsp3) is 0.333. The molecule has 28 heavy (non-hydrogen) atoms. The highest BCUT2D eigenvalue weighted by molar-refractivity contribution is 5.98. The second-order valence-electron chi connectivity index (χ2n) is 7.04. The van der Waals surface area contributed by atoms with Crippen LogP contribution < -0.4 is 5.32 Å². The van der Waals surface area contributed by atoms with Crippen molar-refractivity contribution in [2.75, 3.05) is 0 Å². The summed E-state index contributed by atoms with van der Waals surface area (Å²) in [6.07, 6.45) is 1.05. The highest BCUT2D eigenvalue weighted by atomic mass is 35.5. The molecule has 150 valence electrons. The van der Waals surface area contributed by atoms with Gasteiger partial charge in [0.25, 0.3) is 0 Å². The Balaban J connectivity index is 0.00000140. The fourth-order valence-corrected chi connectivity index (χ4v) is 3.69. The number of imidazole rings is 1. The van der Waals surface area contributed by atoms with Gasteiger partial charge >= 0.3 is 0 Å². The summed E-state index contributed by atoms with van der Waals surface area (Å²) in [7, 11) is 0. The van der Waals surface area contributed by atoms with Crippen LogP contribution in [0.25, 0.3) is 11.0 Å². The molecule has 0 radical (unpaired) electrons. The number of H-pyrrole nitrogens is 1. The molecule has 0 fully saturated rings. The predicted octanol–water partition coefficient (Wildman–Crippen LogP) is 3.75. The van der Waals surface area contributed by atoms with Crippen molar-refractivity contribution in [2.24, 2.45) is 0 Å². The zero-order chi connectivity index (χ0) is 18.1. The molecule has 7 heteroatoms. The minimum atomic E-state index is -0.537. The van der Waals surface area contributed by atoms with Crippen LogP contribution in [0, 0.1) is 6.92 Å². The number of nitrogens with one attached hydrogen (secondary N) is 2. The lowest BCUT2D eigenvalue weighted by Gasteiger charge is -2.29. The number of hydrogen-bond donors (Lipinski definition) is 3. The molecule has 3 aromatic rings. The molecule has 2 heterocycles. The molecule has 0 saturated heterocycles. The van der Waals surface area contributed by atoms with E-state index in [-0.39, 0.29) is 36.6 Å². The Kier molecular flexibility index (Phi) is 7.61. The first kappa shape index (κ1) is 22.4. The summed E-state index contributed by atoms with van der Waals surface area (Å²) in [6.45, 7) is 2.66. The molecule has 0 unspecified atom stereocenters. The predicted molar refractivity (Wildman–Crippen MR) is 116 cm³/mol.